The van der Waals surface area contributed by atoms with Crippen LogP contribution in [0.4, 0.5) is 0 Å². The van der Waals surface area contributed by atoms with Gasteiger partial charge in [-0.05, 0) is 25.8 Å². The van der Waals surface area contributed by atoms with Gasteiger partial charge in [0.15, 0.2) is 0 Å². The lowest BCUT2D eigenvalue weighted by Gasteiger charge is -2.35. The quantitative estimate of drug-likeness (QED) is 0.829. The summed E-state index contributed by atoms with van der Waals surface area (Å²) in [5.74, 6) is 0.918. The number of hydrogen-bond donors (Lipinski definition) is 0. The summed E-state index contributed by atoms with van der Waals surface area (Å²) in [7, 11) is 0.275. The van der Waals surface area contributed by atoms with E-state index in [1.165, 1.54) is 21.7 Å². The molecule has 0 aromatic heterocycles. The van der Waals surface area contributed by atoms with E-state index in [1.54, 1.807) is 14.2 Å². The van der Waals surface area contributed by atoms with Gasteiger partial charge in [-0.2, -0.15) is 0 Å². The third kappa shape index (κ3) is 4.21. The van der Waals surface area contributed by atoms with Crippen molar-refractivity contribution in [2.45, 2.75) is 32.4 Å². The topological polar surface area (TPSA) is 49.9 Å². The van der Waals surface area contributed by atoms with Gasteiger partial charge in [-0.1, -0.05) is 17.7 Å². The van der Waals surface area contributed by atoms with E-state index >= 15 is 0 Å². The molecule has 6 heteroatoms. The molecule has 1 aromatic rings. The average molecular weight is 326 g/mol. The summed E-state index contributed by atoms with van der Waals surface area (Å²) in [5.41, 5.74) is 2.42. The Kier molecular flexibility index (Phi) is 5.47. The molecule has 0 spiro atoms. The molecule has 0 amide bonds. The number of piperidine rings is 1. The lowest BCUT2D eigenvalue weighted by Crippen LogP contribution is -2.44. The summed E-state index contributed by atoms with van der Waals surface area (Å²) in [4.78, 5) is 2.36. The van der Waals surface area contributed by atoms with Gasteiger partial charge in [0.25, 0.3) is 0 Å². The molecule has 0 N–H and O–H groups in total. The van der Waals surface area contributed by atoms with Crippen molar-refractivity contribution in [3.63, 3.8) is 0 Å². The highest BCUT2D eigenvalue weighted by Gasteiger charge is 2.27. The lowest BCUT2D eigenvalue weighted by molar-refractivity contribution is 0.163. The van der Waals surface area contributed by atoms with Crippen LogP contribution in [-0.4, -0.2) is 57.2 Å². The highest BCUT2D eigenvalue weighted by Crippen LogP contribution is 2.24. The highest BCUT2D eigenvalue weighted by molar-refractivity contribution is 7.88. The van der Waals surface area contributed by atoms with Crippen molar-refractivity contribution in [3.05, 3.63) is 29.3 Å². The van der Waals surface area contributed by atoms with Crippen LogP contribution in [-0.2, 0) is 16.6 Å². The number of sulfonamides is 1. The maximum absolute atomic E-state index is 11.6. The zero-order valence-electron chi connectivity index (χ0n) is 13.9. The number of rotatable bonds is 5. The van der Waals surface area contributed by atoms with Crippen LogP contribution in [0.15, 0.2) is 18.2 Å². The Labute approximate surface area is 133 Å². The summed E-state index contributed by atoms with van der Waals surface area (Å²) < 4.78 is 30.2. The first-order chi connectivity index (χ1) is 10.3. The normalized spacial score (nSPS) is 17.9. The van der Waals surface area contributed by atoms with Crippen LogP contribution in [0.3, 0.4) is 0 Å². The van der Waals surface area contributed by atoms with Crippen molar-refractivity contribution in [2.24, 2.45) is 0 Å². The van der Waals surface area contributed by atoms with Crippen LogP contribution in [0.5, 0.6) is 5.75 Å². The second-order valence-electron chi connectivity index (χ2n) is 6.10. The number of benzene rings is 1. The molecule has 124 valence electrons. The Morgan fingerprint density at radius 2 is 1.95 bits per heavy atom. The summed E-state index contributed by atoms with van der Waals surface area (Å²) in [5, 5.41) is 0. The van der Waals surface area contributed by atoms with E-state index < -0.39 is 10.0 Å². The van der Waals surface area contributed by atoms with E-state index in [2.05, 4.69) is 24.0 Å². The predicted octanol–water partition coefficient (Wildman–Crippen LogP) is 1.86. The molecule has 5 nitrogen and oxygen atoms in total. The molecule has 1 aliphatic rings. The minimum absolute atomic E-state index is 0.116. The van der Waals surface area contributed by atoms with E-state index in [0.717, 1.165) is 38.2 Å². The molecule has 22 heavy (non-hydrogen) atoms. The van der Waals surface area contributed by atoms with E-state index in [9.17, 15) is 8.42 Å². The lowest BCUT2D eigenvalue weighted by atomic mass is 10.0. The van der Waals surface area contributed by atoms with Gasteiger partial charge in [0.05, 0.1) is 13.4 Å². The first-order valence-corrected chi connectivity index (χ1v) is 9.45. The first-order valence-electron chi connectivity index (χ1n) is 7.60. The first kappa shape index (κ1) is 17.2. The van der Waals surface area contributed by atoms with E-state index in [-0.39, 0.29) is 6.04 Å². The number of hydrogen-bond acceptors (Lipinski definition) is 4. The Morgan fingerprint density at radius 1 is 1.32 bits per heavy atom. The molecular formula is C16H26N2O3S. The molecule has 0 bridgehead atoms. The standard InChI is InChI=1S/C16H26N2O3S/c1-13-5-6-16(21-3)14(11-13)12-18-9-7-15(8-10-18)17(2)22(4,19)20/h5-6,11,15H,7-10,12H2,1-4H3. The Hall–Kier alpha value is -1.11. The van der Waals surface area contributed by atoms with Crippen LogP contribution in [0.1, 0.15) is 24.0 Å². The molecule has 0 atom stereocenters. The largest absolute Gasteiger partial charge is 0.496 e. The van der Waals surface area contributed by atoms with Crippen LogP contribution in [0, 0.1) is 6.92 Å². The summed E-state index contributed by atoms with van der Waals surface area (Å²) in [6.45, 7) is 4.74. The summed E-state index contributed by atoms with van der Waals surface area (Å²) >= 11 is 0. The number of methoxy groups -OCH3 is 1. The van der Waals surface area contributed by atoms with Gasteiger partial charge in [-0.15, -0.1) is 0 Å². The smallest absolute Gasteiger partial charge is 0.211 e. The second-order valence-corrected chi connectivity index (χ2v) is 8.14. The van der Waals surface area contributed by atoms with Crippen LogP contribution in [0.2, 0.25) is 0 Å². The molecule has 1 aromatic carbocycles. The monoisotopic (exact) mass is 326 g/mol. The molecule has 0 saturated carbocycles. The van der Waals surface area contributed by atoms with Gasteiger partial charge < -0.3 is 4.74 Å². The molecule has 1 saturated heterocycles. The average Bonchev–Trinajstić information content (AvgIpc) is 2.46. The van der Waals surface area contributed by atoms with Crippen LogP contribution in [0.25, 0.3) is 0 Å². The zero-order chi connectivity index (χ0) is 16.3. The SMILES string of the molecule is COc1ccc(C)cc1CN1CCC(N(C)S(C)(=O)=O)CC1. The minimum atomic E-state index is -3.10. The molecule has 2 rings (SSSR count). The Balaban J connectivity index is 1.97. The van der Waals surface area contributed by atoms with Crippen molar-refractivity contribution in [2.75, 3.05) is 33.5 Å². The third-order valence-corrected chi connectivity index (χ3v) is 5.77. The van der Waals surface area contributed by atoms with Crippen molar-refractivity contribution in [3.8, 4) is 5.75 Å². The van der Waals surface area contributed by atoms with Crippen LogP contribution < -0.4 is 4.74 Å². The molecule has 0 radical (unpaired) electrons. The van der Waals surface area contributed by atoms with Gasteiger partial charge in [-0.25, -0.2) is 12.7 Å². The minimum Gasteiger partial charge on any atom is -0.496 e. The third-order valence-electron chi connectivity index (χ3n) is 4.42. The summed E-state index contributed by atoms with van der Waals surface area (Å²) in [6, 6.07) is 6.34. The number of nitrogens with zero attached hydrogens (tertiary/aromatic N) is 2. The Bertz CT molecular complexity index is 608. The van der Waals surface area contributed by atoms with Crippen molar-refractivity contribution in [1.29, 1.82) is 0 Å². The fraction of sp³-hybridized carbons (Fsp3) is 0.625. The summed E-state index contributed by atoms with van der Waals surface area (Å²) in [6.07, 6.45) is 3.02. The van der Waals surface area contributed by atoms with E-state index in [4.69, 9.17) is 4.74 Å². The van der Waals surface area contributed by atoms with E-state index in [1.807, 2.05) is 6.07 Å². The number of aryl methyl sites for hydroxylation is 1. The van der Waals surface area contributed by atoms with Gasteiger partial charge in [-0.3, -0.25) is 4.90 Å². The second kappa shape index (κ2) is 6.98. The van der Waals surface area contributed by atoms with Gasteiger partial charge in [0.1, 0.15) is 5.75 Å². The molecule has 1 heterocycles. The molecular weight excluding hydrogens is 300 g/mol. The van der Waals surface area contributed by atoms with Crippen molar-refractivity contribution in [1.82, 2.24) is 9.21 Å². The molecule has 1 fully saturated rings. The zero-order valence-corrected chi connectivity index (χ0v) is 14.7. The van der Waals surface area contributed by atoms with E-state index in [0.29, 0.717) is 0 Å². The fourth-order valence-electron chi connectivity index (χ4n) is 2.98. The fourth-order valence-corrected chi connectivity index (χ4v) is 3.74. The number of likely N-dealkylation sites (tertiary alicyclic amines) is 1. The number of ether oxygens (including phenoxy) is 1. The Morgan fingerprint density at radius 3 is 2.50 bits per heavy atom. The highest BCUT2D eigenvalue weighted by atomic mass is 32.2. The van der Waals surface area contributed by atoms with Gasteiger partial charge in [0.2, 0.25) is 10.0 Å². The van der Waals surface area contributed by atoms with Crippen molar-refractivity contribution < 1.29 is 13.2 Å². The van der Waals surface area contributed by atoms with Gasteiger partial charge >= 0.3 is 0 Å². The molecule has 0 unspecified atom stereocenters. The van der Waals surface area contributed by atoms with Crippen LogP contribution >= 0.6 is 0 Å². The molecule has 1 aliphatic heterocycles. The maximum atomic E-state index is 11.6. The van der Waals surface area contributed by atoms with Gasteiger partial charge in [0, 0.05) is 38.3 Å². The predicted molar refractivity (Wildman–Crippen MR) is 88.6 cm³/mol. The molecule has 0 aliphatic carbocycles. The maximum Gasteiger partial charge on any atom is 0.211 e. The van der Waals surface area contributed by atoms with Crippen molar-refractivity contribution >= 4 is 10.0 Å².